The van der Waals surface area contributed by atoms with Crippen molar-refractivity contribution in [1.82, 2.24) is 4.98 Å². The minimum absolute atomic E-state index is 0.110. The van der Waals surface area contributed by atoms with Gasteiger partial charge < -0.3 is 5.32 Å². The molecule has 0 aliphatic carbocycles. The first kappa shape index (κ1) is 9.19. The first-order valence-corrected chi connectivity index (χ1v) is 4.96. The van der Waals surface area contributed by atoms with E-state index in [0.717, 1.165) is 17.8 Å². The lowest BCUT2D eigenvalue weighted by Crippen LogP contribution is -2.20. The largest absolute Gasteiger partial charge is 0.326 e. The number of nitrogens with zero attached hydrogens (tertiary/aromatic N) is 1. The molecule has 0 aromatic carbocycles. The van der Waals surface area contributed by atoms with E-state index in [0.29, 0.717) is 12.3 Å². The van der Waals surface area contributed by atoms with E-state index in [2.05, 4.69) is 24.1 Å². The molecule has 1 amide bonds. The highest BCUT2D eigenvalue weighted by Gasteiger charge is 2.19. The fraction of sp³-hybridized carbons (Fsp3) is 0.455. The number of rotatable bonds is 1. The van der Waals surface area contributed by atoms with Crippen LogP contribution in [0.2, 0.25) is 0 Å². The van der Waals surface area contributed by atoms with Crippen molar-refractivity contribution in [3.8, 4) is 0 Å². The number of pyridine rings is 1. The van der Waals surface area contributed by atoms with Gasteiger partial charge in [-0.3, -0.25) is 9.78 Å². The second-order valence-corrected chi connectivity index (χ2v) is 3.93. The predicted octanol–water partition coefficient (Wildman–Crippen LogP) is 2.09. The molecule has 0 radical (unpaired) electrons. The van der Waals surface area contributed by atoms with Gasteiger partial charge in [0.15, 0.2) is 0 Å². The molecule has 1 aromatic heterocycles. The smallest absolute Gasteiger partial charge is 0.224 e. The van der Waals surface area contributed by atoms with Crippen LogP contribution in [0.15, 0.2) is 12.3 Å². The van der Waals surface area contributed by atoms with E-state index in [4.69, 9.17) is 0 Å². The second-order valence-electron chi connectivity index (χ2n) is 3.93. The summed E-state index contributed by atoms with van der Waals surface area (Å²) >= 11 is 0. The Balaban J connectivity index is 2.46. The van der Waals surface area contributed by atoms with Crippen molar-refractivity contribution in [3.05, 3.63) is 23.5 Å². The Morgan fingerprint density at radius 1 is 1.43 bits per heavy atom. The fourth-order valence-corrected chi connectivity index (χ4v) is 1.84. The maximum Gasteiger partial charge on any atom is 0.224 e. The third kappa shape index (κ3) is 1.50. The molecule has 3 heteroatoms. The molecule has 0 fully saturated rings. The molecule has 1 N–H and O–H groups in total. The molecule has 2 heterocycles. The highest BCUT2D eigenvalue weighted by molar-refractivity contribution is 5.94. The van der Waals surface area contributed by atoms with Crippen LogP contribution in [0.1, 0.15) is 37.4 Å². The third-order valence-electron chi connectivity index (χ3n) is 2.51. The van der Waals surface area contributed by atoms with Crippen molar-refractivity contribution in [2.24, 2.45) is 0 Å². The van der Waals surface area contributed by atoms with Crippen molar-refractivity contribution in [2.45, 2.75) is 32.6 Å². The lowest BCUT2D eigenvalue weighted by molar-refractivity contribution is -0.116. The molecule has 3 nitrogen and oxygen atoms in total. The Morgan fingerprint density at radius 3 is 2.93 bits per heavy atom. The molecule has 0 saturated heterocycles. The maximum absolute atomic E-state index is 11.2. The van der Waals surface area contributed by atoms with E-state index < -0.39 is 0 Å². The molecule has 0 unspecified atom stereocenters. The highest BCUT2D eigenvalue weighted by atomic mass is 16.1. The summed E-state index contributed by atoms with van der Waals surface area (Å²) in [5.74, 6) is 0.526. The van der Waals surface area contributed by atoms with Crippen molar-refractivity contribution in [2.75, 3.05) is 5.32 Å². The topological polar surface area (TPSA) is 42.0 Å². The monoisotopic (exact) mass is 190 g/mol. The zero-order valence-corrected chi connectivity index (χ0v) is 8.50. The molecule has 14 heavy (non-hydrogen) atoms. The zero-order chi connectivity index (χ0) is 10.1. The molecule has 0 atom stereocenters. The van der Waals surface area contributed by atoms with Crippen LogP contribution in [-0.4, -0.2) is 10.9 Å². The lowest BCUT2D eigenvalue weighted by Gasteiger charge is -2.20. The molecular weight excluding hydrogens is 176 g/mol. The van der Waals surface area contributed by atoms with Gasteiger partial charge in [0.25, 0.3) is 0 Å². The van der Waals surface area contributed by atoms with Gasteiger partial charge in [-0.05, 0) is 24.0 Å². The summed E-state index contributed by atoms with van der Waals surface area (Å²) in [5, 5.41) is 2.88. The van der Waals surface area contributed by atoms with Crippen molar-refractivity contribution >= 4 is 11.6 Å². The first-order valence-electron chi connectivity index (χ1n) is 4.96. The SMILES string of the molecule is CC(C)c1nccc2c1CCC(=O)N2. The molecular formula is C11H14N2O. The average molecular weight is 190 g/mol. The number of carbonyl (C=O) groups excluding carboxylic acids is 1. The van der Waals surface area contributed by atoms with Gasteiger partial charge in [-0.2, -0.15) is 0 Å². The van der Waals surface area contributed by atoms with Crippen molar-refractivity contribution in [3.63, 3.8) is 0 Å². The summed E-state index contributed by atoms with van der Waals surface area (Å²) in [6.45, 7) is 4.25. The average Bonchev–Trinajstić information content (AvgIpc) is 2.16. The number of aromatic nitrogens is 1. The molecule has 1 aliphatic heterocycles. The van der Waals surface area contributed by atoms with Gasteiger partial charge in [0, 0.05) is 24.0 Å². The summed E-state index contributed by atoms with van der Waals surface area (Å²) in [7, 11) is 0. The summed E-state index contributed by atoms with van der Waals surface area (Å²) in [6.07, 6.45) is 3.17. The Kier molecular flexibility index (Phi) is 2.23. The predicted molar refractivity (Wildman–Crippen MR) is 55.3 cm³/mol. The quantitative estimate of drug-likeness (QED) is 0.736. The number of nitrogens with one attached hydrogen (secondary N) is 1. The van der Waals surface area contributed by atoms with Crippen molar-refractivity contribution < 1.29 is 4.79 Å². The number of anilines is 1. The summed E-state index contributed by atoms with van der Waals surface area (Å²) < 4.78 is 0. The second kappa shape index (κ2) is 3.40. The number of hydrogen-bond donors (Lipinski definition) is 1. The van der Waals surface area contributed by atoms with E-state index >= 15 is 0 Å². The van der Waals surface area contributed by atoms with Gasteiger partial charge in [-0.25, -0.2) is 0 Å². The van der Waals surface area contributed by atoms with Crippen LogP contribution in [-0.2, 0) is 11.2 Å². The van der Waals surface area contributed by atoms with Gasteiger partial charge in [0.1, 0.15) is 0 Å². The van der Waals surface area contributed by atoms with Crippen LogP contribution in [0.5, 0.6) is 0 Å². The molecule has 0 saturated carbocycles. The van der Waals surface area contributed by atoms with E-state index in [1.165, 1.54) is 5.56 Å². The van der Waals surface area contributed by atoms with Gasteiger partial charge in [-0.1, -0.05) is 13.8 Å². The van der Waals surface area contributed by atoms with Crippen LogP contribution in [0.3, 0.4) is 0 Å². The lowest BCUT2D eigenvalue weighted by atomic mass is 9.96. The highest BCUT2D eigenvalue weighted by Crippen LogP contribution is 2.28. The Labute approximate surface area is 83.5 Å². The molecule has 0 spiro atoms. The third-order valence-corrected chi connectivity index (χ3v) is 2.51. The number of carbonyl (C=O) groups is 1. The maximum atomic E-state index is 11.2. The van der Waals surface area contributed by atoms with Crippen LogP contribution in [0.4, 0.5) is 5.69 Å². The summed E-state index contributed by atoms with van der Waals surface area (Å²) in [6, 6.07) is 1.87. The van der Waals surface area contributed by atoms with Crippen molar-refractivity contribution in [1.29, 1.82) is 0 Å². The Morgan fingerprint density at radius 2 is 2.21 bits per heavy atom. The number of hydrogen-bond acceptors (Lipinski definition) is 2. The first-order chi connectivity index (χ1) is 6.68. The zero-order valence-electron chi connectivity index (χ0n) is 8.50. The molecule has 1 aliphatic rings. The number of amides is 1. The standard InChI is InChI=1S/C11H14N2O/c1-7(2)11-8-3-4-10(14)13-9(8)5-6-12-11/h5-7H,3-4H2,1-2H3,(H,13,14). The van der Waals surface area contributed by atoms with Crippen LogP contribution in [0.25, 0.3) is 0 Å². The molecule has 0 bridgehead atoms. The van der Waals surface area contributed by atoms with E-state index in [-0.39, 0.29) is 5.91 Å². The number of fused-ring (bicyclic) bond motifs is 1. The van der Waals surface area contributed by atoms with Crippen LogP contribution in [0, 0.1) is 0 Å². The Bertz CT molecular complexity index is 372. The van der Waals surface area contributed by atoms with E-state index in [1.807, 2.05) is 6.07 Å². The van der Waals surface area contributed by atoms with Gasteiger partial charge >= 0.3 is 0 Å². The summed E-state index contributed by atoms with van der Waals surface area (Å²) in [5.41, 5.74) is 3.27. The van der Waals surface area contributed by atoms with Gasteiger partial charge in [-0.15, -0.1) is 0 Å². The minimum Gasteiger partial charge on any atom is -0.326 e. The summed E-state index contributed by atoms with van der Waals surface area (Å²) in [4.78, 5) is 15.5. The van der Waals surface area contributed by atoms with Gasteiger partial charge in [0.2, 0.25) is 5.91 Å². The van der Waals surface area contributed by atoms with E-state index in [1.54, 1.807) is 6.20 Å². The minimum atomic E-state index is 0.110. The van der Waals surface area contributed by atoms with Crippen LogP contribution < -0.4 is 5.32 Å². The molecule has 2 rings (SSSR count). The molecule has 74 valence electrons. The fourth-order valence-electron chi connectivity index (χ4n) is 1.84. The Hall–Kier alpha value is -1.38. The normalized spacial score (nSPS) is 15.2. The van der Waals surface area contributed by atoms with E-state index in [9.17, 15) is 4.79 Å². The van der Waals surface area contributed by atoms with Gasteiger partial charge in [0.05, 0.1) is 0 Å². The van der Waals surface area contributed by atoms with Crippen LogP contribution >= 0.6 is 0 Å². The molecule has 1 aromatic rings.